The van der Waals surface area contributed by atoms with Crippen LogP contribution in [0.25, 0.3) is 0 Å². The molecule has 12 heavy (non-hydrogen) atoms. The third kappa shape index (κ3) is 1.40. The zero-order valence-corrected chi connectivity index (χ0v) is 6.28. The minimum Gasteiger partial charge on any atom is -0.298 e. The first-order chi connectivity index (χ1) is 5.81. The summed E-state index contributed by atoms with van der Waals surface area (Å²) in [7, 11) is 0. The van der Waals surface area contributed by atoms with Gasteiger partial charge in [0.15, 0.2) is 12.6 Å². The maximum Gasteiger partial charge on any atom is 0.150 e. The Hall–Kier alpha value is -1.88. The molecule has 0 bridgehead atoms. The van der Waals surface area contributed by atoms with Crippen LogP contribution in [-0.4, -0.2) is 12.6 Å². The second-order valence-corrected chi connectivity index (χ2v) is 2.22. The van der Waals surface area contributed by atoms with Crippen molar-refractivity contribution in [1.82, 2.24) is 0 Å². The Morgan fingerprint density at radius 2 is 1.83 bits per heavy atom. The minimum atomic E-state index is 0.334. The molecule has 0 atom stereocenters. The van der Waals surface area contributed by atoms with Crippen LogP contribution in [0, 0.1) is 12.3 Å². The van der Waals surface area contributed by atoms with Crippen LogP contribution in [0.1, 0.15) is 26.3 Å². The van der Waals surface area contributed by atoms with E-state index >= 15 is 0 Å². The maximum absolute atomic E-state index is 10.4. The Balaban J connectivity index is 3.30. The molecule has 58 valence electrons. The third-order valence-corrected chi connectivity index (χ3v) is 1.51. The molecular formula is C10H6O2. The number of terminal acetylenes is 1. The molecule has 0 heterocycles. The predicted molar refractivity (Wildman–Crippen MR) is 45.2 cm³/mol. The minimum absolute atomic E-state index is 0.334. The zero-order chi connectivity index (χ0) is 8.97. The van der Waals surface area contributed by atoms with E-state index in [9.17, 15) is 9.59 Å². The van der Waals surface area contributed by atoms with E-state index in [4.69, 9.17) is 6.42 Å². The fraction of sp³-hybridized carbons (Fsp3) is 0. The van der Waals surface area contributed by atoms with E-state index in [0.29, 0.717) is 29.3 Å². The number of carbonyl (C=O) groups excluding carboxylic acids is 2. The second kappa shape index (κ2) is 3.49. The highest BCUT2D eigenvalue weighted by atomic mass is 16.1. The van der Waals surface area contributed by atoms with Crippen molar-refractivity contribution in [3.63, 3.8) is 0 Å². The van der Waals surface area contributed by atoms with Crippen molar-refractivity contribution in [1.29, 1.82) is 0 Å². The standard InChI is InChI=1S/C10H6O2/c1-2-8-3-4-9(6-11)10(5-8)7-12/h1,3-7H. The average Bonchev–Trinajstić information content (AvgIpc) is 2.16. The monoisotopic (exact) mass is 158 g/mol. The van der Waals surface area contributed by atoms with Crippen LogP contribution >= 0.6 is 0 Å². The summed E-state index contributed by atoms with van der Waals surface area (Å²) in [6, 6.07) is 4.67. The van der Waals surface area contributed by atoms with Crippen LogP contribution in [0.5, 0.6) is 0 Å². The molecule has 0 aliphatic heterocycles. The van der Waals surface area contributed by atoms with Crippen molar-refractivity contribution in [2.24, 2.45) is 0 Å². The van der Waals surface area contributed by atoms with Gasteiger partial charge in [-0.1, -0.05) is 5.92 Å². The Labute approximate surface area is 70.2 Å². The average molecular weight is 158 g/mol. The van der Waals surface area contributed by atoms with Crippen LogP contribution in [0.3, 0.4) is 0 Å². The van der Waals surface area contributed by atoms with Gasteiger partial charge in [0.1, 0.15) is 0 Å². The molecule has 0 fully saturated rings. The number of aldehydes is 2. The summed E-state index contributed by atoms with van der Waals surface area (Å²) in [5.41, 5.74) is 1.30. The van der Waals surface area contributed by atoms with Gasteiger partial charge in [-0.15, -0.1) is 6.42 Å². The first-order valence-corrected chi connectivity index (χ1v) is 3.33. The molecule has 1 aromatic rings. The Morgan fingerprint density at radius 3 is 2.33 bits per heavy atom. The number of rotatable bonds is 2. The summed E-state index contributed by atoms with van der Waals surface area (Å²) in [6.45, 7) is 0. The van der Waals surface area contributed by atoms with Crippen LogP contribution in [0.2, 0.25) is 0 Å². The molecule has 0 saturated carbocycles. The van der Waals surface area contributed by atoms with Crippen molar-refractivity contribution in [2.45, 2.75) is 0 Å². The van der Waals surface area contributed by atoms with Crippen molar-refractivity contribution < 1.29 is 9.59 Å². The summed E-state index contributed by atoms with van der Waals surface area (Å²) in [5.74, 6) is 2.38. The quantitative estimate of drug-likeness (QED) is 0.480. The van der Waals surface area contributed by atoms with Gasteiger partial charge in [-0.05, 0) is 18.2 Å². The molecule has 2 nitrogen and oxygen atoms in total. The summed E-state index contributed by atoms with van der Waals surface area (Å²) >= 11 is 0. The SMILES string of the molecule is C#Cc1ccc(C=O)c(C=O)c1. The molecule has 1 aromatic carbocycles. The van der Waals surface area contributed by atoms with Gasteiger partial charge in [0, 0.05) is 16.7 Å². The molecule has 2 heteroatoms. The lowest BCUT2D eigenvalue weighted by Gasteiger charge is -1.96. The molecule has 0 aliphatic carbocycles. The number of hydrogen-bond acceptors (Lipinski definition) is 2. The molecule has 0 radical (unpaired) electrons. The van der Waals surface area contributed by atoms with E-state index in [2.05, 4.69) is 5.92 Å². The van der Waals surface area contributed by atoms with Gasteiger partial charge in [-0.2, -0.15) is 0 Å². The topological polar surface area (TPSA) is 34.1 Å². The maximum atomic E-state index is 10.4. The first-order valence-electron chi connectivity index (χ1n) is 3.33. The lowest BCUT2D eigenvalue weighted by molar-refractivity contribution is 0.109. The first kappa shape index (κ1) is 8.22. The molecule has 0 spiro atoms. The Morgan fingerprint density at radius 1 is 1.17 bits per heavy atom. The van der Waals surface area contributed by atoms with Gasteiger partial charge in [-0.3, -0.25) is 9.59 Å². The van der Waals surface area contributed by atoms with E-state index in [1.54, 1.807) is 6.07 Å². The lowest BCUT2D eigenvalue weighted by Crippen LogP contribution is -1.91. The van der Waals surface area contributed by atoms with Crippen LogP contribution in [0.4, 0.5) is 0 Å². The van der Waals surface area contributed by atoms with Crippen LogP contribution < -0.4 is 0 Å². The Bertz CT molecular complexity index is 359. The summed E-state index contributed by atoms with van der Waals surface area (Å²) in [5, 5.41) is 0. The normalized spacial score (nSPS) is 8.58. The smallest absolute Gasteiger partial charge is 0.150 e. The molecule has 0 aliphatic rings. The highest BCUT2D eigenvalue weighted by Gasteiger charge is 1.99. The fourth-order valence-electron chi connectivity index (χ4n) is 0.874. The Kier molecular flexibility index (Phi) is 2.39. The van der Waals surface area contributed by atoms with Crippen LogP contribution in [-0.2, 0) is 0 Å². The van der Waals surface area contributed by atoms with E-state index in [1.807, 2.05) is 0 Å². The van der Waals surface area contributed by atoms with Crippen molar-refractivity contribution in [3.05, 3.63) is 34.9 Å². The number of hydrogen-bond donors (Lipinski definition) is 0. The van der Waals surface area contributed by atoms with Crippen molar-refractivity contribution in [3.8, 4) is 12.3 Å². The van der Waals surface area contributed by atoms with Gasteiger partial charge >= 0.3 is 0 Å². The van der Waals surface area contributed by atoms with Gasteiger partial charge in [0.25, 0.3) is 0 Å². The van der Waals surface area contributed by atoms with Gasteiger partial charge in [-0.25, -0.2) is 0 Å². The molecule has 0 N–H and O–H groups in total. The third-order valence-electron chi connectivity index (χ3n) is 1.51. The fourth-order valence-corrected chi connectivity index (χ4v) is 0.874. The molecule has 0 unspecified atom stereocenters. The zero-order valence-electron chi connectivity index (χ0n) is 6.28. The highest BCUT2D eigenvalue weighted by Crippen LogP contribution is 2.06. The predicted octanol–water partition coefficient (Wildman–Crippen LogP) is 1.29. The number of benzene rings is 1. The van der Waals surface area contributed by atoms with E-state index in [-0.39, 0.29) is 0 Å². The molecular weight excluding hydrogens is 152 g/mol. The van der Waals surface area contributed by atoms with Crippen LogP contribution in [0.15, 0.2) is 18.2 Å². The van der Waals surface area contributed by atoms with Gasteiger partial charge in [0.2, 0.25) is 0 Å². The van der Waals surface area contributed by atoms with Gasteiger partial charge < -0.3 is 0 Å². The van der Waals surface area contributed by atoms with E-state index in [1.165, 1.54) is 12.1 Å². The molecule has 0 saturated heterocycles. The molecule has 0 aromatic heterocycles. The van der Waals surface area contributed by atoms with Crippen molar-refractivity contribution >= 4 is 12.6 Å². The summed E-state index contributed by atoms with van der Waals surface area (Å²) in [6.07, 6.45) is 6.36. The second-order valence-electron chi connectivity index (χ2n) is 2.22. The largest absolute Gasteiger partial charge is 0.298 e. The van der Waals surface area contributed by atoms with Crippen molar-refractivity contribution in [2.75, 3.05) is 0 Å². The summed E-state index contributed by atoms with van der Waals surface area (Å²) < 4.78 is 0. The highest BCUT2D eigenvalue weighted by molar-refractivity contribution is 5.90. The summed E-state index contributed by atoms with van der Waals surface area (Å²) in [4.78, 5) is 20.8. The molecule has 1 rings (SSSR count). The number of carbonyl (C=O) groups is 2. The molecule has 0 amide bonds. The van der Waals surface area contributed by atoms with E-state index in [0.717, 1.165) is 0 Å². The van der Waals surface area contributed by atoms with Gasteiger partial charge in [0.05, 0.1) is 0 Å². The van der Waals surface area contributed by atoms with E-state index < -0.39 is 0 Å². The lowest BCUT2D eigenvalue weighted by atomic mass is 10.1.